The van der Waals surface area contributed by atoms with Gasteiger partial charge in [-0.2, -0.15) is 0 Å². The zero-order valence-corrected chi connectivity index (χ0v) is 15.7. The number of carbonyl (C=O) groups excluding carboxylic acids is 2. The smallest absolute Gasteiger partial charge is 0.224 e. The molecule has 0 aliphatic heterocycles. The van der Waals surface area contributed by atoms with Crippen molar-refractivity contribution in [3.63, 3.8) is 0 Å². The standard InChI is InChI=1S/C22H20N2O2S/c25-20(23-18-10-8-17(9-11-18)22(26)16-6-7-16)12-13-21-24-19(14-27-21)15-4-2-1-3-5-15/h1-5,8-11,14,16H,6-7,12-13H2,(H,23,25). The van der Waals surface area contributed by atoms with Crippen molar-refractivity contribution < 1.29 is 9.59 Å². The number of rotatable bonds is 7. The predicted octanol–water partition coefficient (Wildman–Crippen LogP) is 4.97. The van der Waals surface area contributed by atoms with Gasteiger partial charge < -0.3 is 5.32 Å². The van der Waals surface area contributed by atoms with Crippen molar-refractivity contribution in [2.45, 2.75) is 25.7 Å². The minimum absolute atomic E-state index is 0.0484. The van der Waals surface area contributed by atoms with Crippen LogP contribution in [0.3, 0.4) is 0 Å². The quantitative estimate of drug-likeness (QED) is 0.592. The molecular weight excluding hydrogens is 356 g/mol. The third kappa shape index (κ3) is 4.49. The van der Waals surface area contributed by atoms with E-state index in [0.717, 1.165) is 40.4 Å². The first-order valence-corrected chi connectivity index (χ1v) is 10.0. The largest absolute Gasteiger partial charge is 0.326 e. The number of nitrogens with zero attached hydrogens (tertiary/aromatic N) is 1. The summed E-state index contributed by atoms with van der Waals surface area (Å²) in [6, 6.07) is 17.2. The van der Waals surface area contributed by atoms with Crippen molar-refractivity contribution in [1.82, 2.24) is 4.98 Å². The predicted molar refractivity (Wildman–Crippen MR) is 108 cm³/mol. The van der Waals surface area contributed by atoms with Gasteiger partial charge in [-0.3, -0.25) is 9.59 Å². The molecule has 0 radical (unpaired) electrons. The molecule has 4 nitrogen and oxygen atoms in total. The summed E-state index contributed by atoms with van der Waals surface area (Å²) in [4.78, 5) is 28.8. The molecule has 5 heteroatoms. The number of amides is 1. The Morgan fingerprint density at radius 1 is 1.04 bits per heavy atom. The molecule has 2 aromatic carbocycles. The highest BCUT2D eigenvalue weighted by molar-refractivity contribution is 7.09. The molecular formula is C22H20N2O2S. The average Bonchev–Trinajstić information content (AvgIpc) is 3.45. The normalized spacial score (nSPS) is 13.3. The number of Topliss-reactive ketones (excluding diaryl/α,β-unsaturated/α-hetero) is 1. The summed E-state index contributed by atoms with van der Waals surface area (Å²) in [5, 5.41) is 5.87. The Hall–Kier alpha value is -2.79. The van der Waals surface area contributed by atoms with Gasteiger partial charge in [-0.25, -0.2) is 4.98 Å². The van der Waals surface area contributed by atoms with Crippen LogP contribution in [-0.2, 0) is 11.2 Å². The summed E-state index contributed by atoms with van der Waals surface area (Å²) in [6.45, 7) is 0. The molecule has 1 aliphatic rings. The van der Waals surface area contributed by atoms with E-state index in [4.69, 9.17) is 0 Å². The van der Waals surface area contributed by atoms with E-state index >= 15 is 0 Å². The Balaban J connectivity index is 1.29. The zero-order valence-electron chi connectivity index (χ0n) is 14.9. The lowest BCUT2D eigenvalue weighted by atomic mass is 10.1. The van der Waals surface area contributed by atoms with Crippen LogP contribution in [0.25, 0.3) is 11.3 Å². The number of carbonyl (C=O) groups is 2. The van der Waals surface area contributed by atoms with E-state index in [1.165, 1.54) is 0 Å². The number of nitrogens with one attached hydrogen (secondary N) is 1. The summed E-state index contributed by atoms with van der Waals surface area (Å²) in [7, 11) is 0. The molecule has 1 fully saturated rings. The highest BCUT2D eigenvalue weighted by atomic mass is 32.1. The number of benzene rings is 2. The second kappa shape index (κ2) is 7.84. The molecule has 1 saturated carbocycles. The lowest BCUT2D eigenvalue weighted by Crippen LogP contribution is -2.12. The number of ketones is 1. The van der Waals surface area contributed by atoms with Gasteiger partial charge in [0.2, 0.25) is 5.91 Å². The molecule has 1 amide bonds. The first-order chi connectivity index (χ1) is 13.2. The molecule has 136 valence electrons. The van der Waals surface area contributed by atoms with Crippen LogP contribution in [0, 0.1) is 5.92 Å². The SMILES string of the molecule is O=C(CCc1nc(-c2ccccc2)cs1)Nc1ccc(C(=O)C2CC2)cc1. The molecule has 0 unspecified atom stereocenters. The van der Waals surface area contributed by atoms with E-state index in [1.807, 2.05) is 35.7 Å². The Kier molecular flexibility index (Phi) is 5.12. The monoisotopic (exact) mass is 376 g/mol. The van der Waals surface area contributed by atoms with Crippen LogP contribution in [0.4, 0.5) is 5.69 Å². The zero-order chi connectivity index (χ0) is 18.6. The molecule has 0 spiro atoms. The van der Waals surface area contributed by atoms with E-state index in [0.29, 0.717) is 12.8 Å². The van der Waals surface area contributed by atoms with E-state index in [2.05, 4.69) is 10.3 Å². The van der Waals surface area contributed by atoms with Crippen molar-refractivity contribution in [3.8, 4) is 11.3 Å². The highest BCUT2D eigenvalue weighted by Gasteiger charge is 2.30. The van der Waals surface area contributed by atoms with E-state index in [1.54, 1.807) is 35.6 Å². The van der Waals surface area contributed by atoms with Crippen LogP contribution in [-0.4, -0.2) is 16.7 Å². The maximum absolute atomic E-state index is 12.2. The van der Waals surface area contributed by atoms with Crippen molar-refractivity contribution in [2.75, 3.05) is 5.32 Å². The van der Waals surface area contributed by atoms with E-state index in [-0.39, 0.29) is 17.6 Å². The highest BCUT2D eigenvalue weighted by Crippen LogP contribution is 2.32. The summed E-state index contributed by atoms with van der Waals surface area (Å²) < 4.78 is 0. The van der Waals surface area contributed by atoms with Gasteiger partial charge in [0.25, 0.3) is 0 Å². The van der Waals surface area contributed by atoms with Gasteiger partial charge in [0.05, 0.1) is 10.7 Å². The Labute approximate surface area is 162 Å². The van der Waals surface area contributed by atoms with Crippen molar-refractivity contribution in [2.24, 2.45) is 5.92 Å². The van der Waals surface area contributed by atoms with Gasteiger partial charge in [0.15, 0.2) is 5.78 Å². The number of thiazole rings is 1. The van der Waals surface area contributed by atoms with Crippen molar-refractivity contribution >= 4 is 28.7 Å². The first kappa shape index (κ1) is 17.6. The second-order valence-electron chi connectivity index (χ2n) is 6.76. The lowest BCUT2D eigenvalue weighted by Gasteiger charge is -2.05. The maximum Gasteiger partial charge on any atom is 0.224 e. The number of aryl methyl sites for hydroxylation is 1. The summed E-state index contributed by atoms with van der Waals surface area (Å²) in [5.74, 6) is 0.378. The van der Waals surface area contributed by atoms with Crippen molar-refractivity contribution in [3.05, 3.63) is 70.5 Å². The fourth-order valence-electron chi connectivity index (χ4n) is 2.91. The Bertz CT molecular complexity index is 944. The fourth-order valence-corrected chi connectivity index (χ4v) is 3.72. The molecule has 1 aliphatic carbocycles. The molecule has 4 rings (SSSR count). The average molecular weight is 376 g/mol. The molecule has 1 aromatic heterocycles. The van der Waals surface area contributed by atoms with Crippen LogP contribution in [0.2, 0.25) is 0 Å². The van der Waals surface area contributed by atoms with Gasteiger partial charge in [-0.15, -0.1) is 11.3 Å². The van der Waals surface area contributed by atoms with Gasteiger partial charge in [0.1, 0.15) is 0 Å². The van der Waals surface area contributed by atoms with E-state index in [9.17, 15) is 9.59 Å². The summed E-state index contributed by atoms with van der Waals surface area (Å²) in [5.41, 5.74) is 3.49. The first-order valence-electron chi connectivity index (χ1n) is 9.13. The van der Waals surface area contributed by atoms with Crippen LogP contribution in [0.5, 0.6) is 0 Å². The molecule has 1 heterocycles. The topological polar surface area (TPSA) is 59.1 Å². The number of anilines is 1. The maximum atomic E-state index is 12.2. The van der Waals surface area contributed by atoms with Gasteiger partial charge >= 0.3 is 0 Å². The number of hydrogen-bond donors (Lipinski definition) is 1. The lowest BCUT2D eigenvalue weighted by molar-refractivity contribution is -0.116. The van der Waals surface area contributed by atoms with Gasteiger partial charge in [-0.1, -0.05) is 30.3 Å². The molecule has 0 atom stereocenters. The van der Waals surface area contributed by atoms with Gasteiger partial charge in [-0.05, 0) is 37.1 Å². The number of aromatic nitrogens is 1. The third-order valence-electron chi connectivity index (χ3n) is 4.59. The van der Waals surface area contributed by atoms with Crippen molar-refractivity contribution in [1.29, 1.82) is 0 Å². The molecule has 1 N–H and O–H groups in total. The fraction of sp³-hybridized carbons (Fsp3) is 0.227. The molecule has 0 saturated heterocycles. The van der Waals surface area contributed by atoms with E-state index < -0.39 is 0 Å². The van der Waals surface area contributed by atoms with Crippen LogP contribution in [0.1, 0.15) is 34.6 Å². The third-order valence-corrected chi connectivity index (χ3v) is 5.50. The second-order valence-corrected chi connectivity index (χ2v) is 7.70. The van der Waals surface area contributed by atoms with Gasteiger partial charge in [0, 0.05) is 41.0 Å². The minimum atomic E-state index is -0.0484. The molecule has 3 aromatic rings. The minimum Gasteiger partial charge on any atom is -0.326 e. The number of hydrogen-bond acceptors (Lipinski definition) is 4. The van der Waals surface area contributed by atoms with Crippen LogP contribution in [0.15, 0.2) is 60.0 Å². The Morgan fingerprint density at radius 3 is 2.48 bits per heavy atom. The van der Waals surface area contributed by atoms with Crippen LogP contribution < -0.4 is 5.32 Å². The summed E-state index contributed by atoms with van der Waals surface area (Å²) >= 11 is 1.58. The molecule has 27 heavy (non-hydrogen) atoms. The molecule has 0 bridgehead atoms. The Morgan fingerprint density at radius 2 is 1.78 bits per heavy atom. The summed E-state index contributed by atoms with van der Waals surface area (Å²) in [6.07, 6.45) is 2.99. The van der Waals surface area contributed by atoms with Crippen LogP contribution >= 0.6 is 11.3 Å².